The maximum Gasteiger partial charge on any atom is 0.191 e. The minimum Gasteiger partial charge on any atom is -0.396 e. The van der Waals surface area contributed by atoms with Crippen LogP contribution in [-0.4, -0.2) is 62.0 Å². The Hall–Kier alpha value is -1.13. The van der Waals surface area contributed by atoms with Crippen molar-refractivity contribution in [3.05, 3.63) is 23.9 Å². The summed E-state index contributed by atoms with van der Waals surface area (Å²) in [4.78, 5) is 11.6. The van der Waals surface area contributed by atoms with Crippen molar-refractivity contribution in [2.24, 2.45) is 10.4 Å². The fraction of sp³-hybridized carbons (Fsp3) is 0.700. The molecule has 0 aliphatic carbocycles. The van der Waals surface area contributed by atoms with Gasteiger partial charge in [-0.25, -0.2) is 9.98 Å². The van der Waals surface area contributed by atoms with E-state index in [1.54, 1.807) is 0 Å². The van der Waals surface area contributed by atoms with Crippen LogP contribution in [0.3, 0.4) is 0 Å². The van der Waals surface area contributed by atoms with E-state index in [2.05, 4.69) is 39.6 Å². The highest BCUT2D eigenvalue weighted by molar-refractivity contribution is 14.0. The normalized spacial score (nSPS) is 22.2. The van der Waals surface area contributed by atoms with Gasteiger partial charge < -0.3 is 25.4 Å². The van der Waals surface area contributed by atoms with E-state index in [9.17, 15) is 5.11 Å². The third-order valence-corrected chi connectivity index (χ3v) is 5.46. The van der Waals surface area contributed by atoms with E-state index < -0.39 is 0 Å². The molecule has 0 spiro atoms. The average molecular weight is 503 g/mol. The molecule has 2 fully saturated rings. The molecule has 1 unspecified atom stereocenters. The Morgan fingerprint density at radius 3 is 2.75 bits per heavy atom. The lowest BCUT2D eigenvalue weighted by Gasteiger charge is -2.27. The summed E-state index contributed by atoms with van der Waals surface area (Å²) in [6.07, 6.45) is 6.17. The van der Waals surface area contributed by atoms with E-state index in [1.807, 2.05) is 6.20 Å². The Kier molecular flexibility index (Phi) is 9.73. The van der Waals surface area contributed by atoms with Gasteiger partial charge >= 0.3 is 0 Å². The van der Waals surface area contributed by atoms with Crippen molar-refractivity contribution in [2.45, 2.75) is 39.2 Å². The molecule has 3 N–H and O–H groups in total. The van der Waals surface area contributed by atoms with E-state index in [-0.39, 0.29) is 36.0 Å². The number of aliphatic imine (C=N–C) groups is 1. The first-order valence-electron chi connectivity index (χ1n) is 10.2. The molecule has 1 aromatic rings. The maximum absolute atomic E-state index is 9.37. The molecule has 1 aromatic heterocycles. The van der Waals surface area contributed by atoms with Gasteiger partial charge in [-0.15, -0.1) is 24.0 Å². The highest BCUT2D eigenvalue weighted by atomic mass is 127. The summed E-state index contributed by atoms with van der Waals surface area (Å²) in [5, 5.41) is 16.1. The quantitative estimate of drug-likeness (QED) is 0.287. The first-order valence-corrected chi connectivity index (χ1v) is 10.2. The standard InChI is InChI=1S/C20H33N5O2.HI/c1-2-21-19(24-15-20(7-11-26)8-12-27-16-20)23-14-17-5-6-18(22-13-17)25-9-3-4-10-25;/h5-6,13,26H,2-4,7-12,14-16H2,1H3,(H2,21,23,24);1H. The summed E-state index contributed by atoms with van der Waals surface area (Å²) in [6, 6.07) is 4.22. The number of nitrogens with one attached hydrogen (secondary N) is 2. The van der Waals surface area contributed by atoms with Crippen molar-refractivity contribution < 1.29 is 9.84 Å². The molecular formula is C20H34IN5O2. The molecule has 28 heavy (non-hydrogen) atoms. The van der Waals surface area contributed by atoms with E-state index >= 15 is 0 Å². The number of pyridine rings is 1. The molecule has 3 rings (SSSR count). The second-order valence-electron chi connectivity index (χ2n) is 7.54. The molecule has 0 amide bonds. The zero-order valence-corrected chi connectivity index (χ0v) is 19.2. The zero-order valence-electron chi connectivity index (χ0n) is 16.8. The van der Waals surface area contributed by atoms with Gasteiger partial charge in [0.05, 0.1) is 13.2 Å². The number of aliphatic hydroxyl groups is 1. The smallest absolute Gasteiger partial charge is 0.191 e. The number of ether oxygens (including phenoxy) is 1. The van der Waals surface area contributed by atoms with Gasteiger partial charge in [-0.2, -0.15) is 0 Å². The summed E-state index contributed by atoms with van der Waals surface area (Å²) in [5.74, 6) is 1.86. The van der Waals surface area contributed by atoms with Crippen molar-refractivity contribution in [3.8, 4) is 0 Å². The van der Waals surface area contributed by atoms with Crippen LogP contribution in [0, 0.1) is 5.41 Å². The third-order valence-electron chi connectivity index (χ3n) is 5.46. The van der Waals surface area contributed by atoms with Crippen LogP contribution in [0.1, 0.15) is 38.2 Å². The van der Waals surface area contributed by atoms with Crippen LogP contribution < -0.4 is 15.5 Å². The van der Waals surface area contributed by atoms with Crippen LogP contribution in [0.4, 0.5) is 5.82 Å². The van der Waals surface area contributed by atoms with Crippen molar-refractivity contribution >= 4 is 35.8 Å². The van der Waals surface area contributed by atoms with E-state index in [0.29, 0.717) is 13.2 Å². The highest BCUT2D eigenvalue weighted by Crippen LogP contribution is 2.31. The number of aliphatic hydroxyl groups excluding tert-OH is 1. The van der Waals surface area contributed by atoms with Crippen LogP contribution >= 0.6 is 24.0 Å². The van der Waals surface area contributed by atoms with Gasteiger partial charge in [-0.05, 0) is 44.2 Å². The van der Waals surface area contributed by atoms with Crippen molar-refractivity contribution in [3.63, 3.8) is 0 Å². The van der Waals surface area contributed by atoms with Gasteiger partial charge in [0.2, 0.25) is 0 Å². The van der Waals surface area contributed by atoms with Crippen LogP contribution in [0.25, 0.3) is 0 Å². The van der Waals surface area contributed by atoms with Crippen molar-refractivity contribution in [1.82, 2.24) is 15.6 Å². The lowest BCUT2D eigenvalue weighted by atomic mass is 9.84. The summed E-state index contributed by atoms with van der Waals surface area (Å²) >= 11 is 0. The number of rotatable bonds is 8. The molecule has 3 heterocycles. The summed E-state index contributed by atoms with van der Waals surface area (Å²) in [5.41, 5.74) is 1.11. The summed E-state index contributed by atoms with van der Waals surface area (Å²) in [6.45, 7) is 8.08. The number of nitrogens with zero attached hydrogens (tertiary/aromatic N) is 3. The molecule has 0 bridgehead atoms. The van der Waals surface area contributed by atoms with Crippen LogP contribution in [0.15, 0.2) is 23.3 Å². The largest absolute Gasteiger partial charge is 0.396 e. The minimum absolute atomic E-state index is 0. The Labute approximate surface area is 185 Å². The van der Waals surface area contributed by atoms with Crippen molar-refractivity contribution in [2.75, 3.05) is 50.9 Å². The molecular weight excluding hydrogens is 469 g/mol. The number of anilines is 1. The van der Waals surface area contributed by atoms with E-state index in [4.69, 9.17) is 9.73 Å². The maximum atomic E-state index is 9.37. The van der Waals surface area contributed by atoms with Crippen LogP contribution in [0.5, 0.6) is 0 Å². The van der Waals surface area contributed by atoms with Gasteiger partial charge in [0.15, 0.2) is 5.96 Å². The molecule has 0 saturated carbocycles. The summed E-state index contributed by atoms with van der Waals surface area (Å²) in [7, 11) is 0. The van der Waals surface area contributed by atoms with Crippen LogP contribution in [0.2, 0.25) is 0 Å². The van der Waals surface area contributed by atoms with Gasteiger partial charge in [0.1, 0.15) is 5.82 Å². The predicted octanol–water partition coefficient (Wildman–Crippen LogP) is 2.14. The first kappa shape index (κ1) is 23.2. The number of hydrogen-bond acceptors (Lipinski definition) is 5. The molecule has 8 heteroatoms. The van der Waals surface area contributed by atoms with Gasteiger partial charge in [-0.3, -0.25) is 0 Å². The third kappa shape index (κ3) is 6.45. The molecule has 2 aliphatic rings. The van der Waals surface area contributed by atoms with E-state index in [1.165, 1.54) is 12.8 Å². The second-order valence-corrected chi connectivity index (χ2v) is 7.54. The lowest BCUT2D eigenvalue weighted by molar-refractivity contribution is 0.127. The fourth-order valence-corrected chi connectivity index (χ4v) is 3.74. The first-order chi connectivity index (χ1) is 13.2. The Balaban J connectivity index is 0.00000280. The van der Waals surface area contributed by atoms with Gasteiger partial charge in [0.25, 0.3) is 0 Å². The second kappa shape index (κ2) is 11.8. The molecule has 0 radical (unpaired) electrons. The topological polar surface area (TPSA) is 82.0 Å². The SMILES string of the molecule is CCNC(=NCc1ccc(N2CCCC2)nc1)NCC1(CCO)CCOC1.I. The molecule has 2 saturated heterocycles. The highest BCUT2D eigenvalue weighted by Gasteiger charge is 2.34. The predicted molar refractivity (Wildman–Crippen MR) is 123 cm³/mol. The summed E-state index contributed by atoms with van der Waals surface area (Å²) < 4.78 is 5.56. The van der Waals surface area contributed by atoms with E-state index in [0.717, 1.165) is 63.0 Å². The molecule has 7 nitrogen and oxygen atoms in total. The number of guanidine groups is 1. The zero-order chi connectivity index (χ0) is 19.0. The molecule has 158 valence electrons. The molecule has 0 aromatic carbocycles. The Morgan fingerprint density at radius 2 is 2.14 bits per heavy atom. The van der Waals surface area contributed by atoms with Gasteiger partial charge in [0, 0.05) is 51.0 Å². The average Bonchev–Trinajstić information content (AvgIpc) is 3.37. The number of hydrogen-bond donors (Lipinski definition) is 3. The Morgan fingerprint density at radius 1 is 1.32 bits per heavy atom. The van der Waals surface area contributed by atoms with Crippen molar-refractivity contribution in [1.29, 1.82) is 0 Å². The molecule has 1 atom stereocenters. The van der Waals surface area contributed by atoms with Gasteiger partial charge in [-0.1, -0.05) is 6.07 Å². The number of aromatic nitrogens is 1. The van der Waals surface area contributed by atoms with Crippen LogP contribution in [-0.2, 0) is 11.3 Å². The Bertz CT molecular complexity index is 599. The lowest BCUT2D eigenvalue weighted by Crippen LogP contribution is -2.44. The monoisotopic (exact) mass is 503 g/mol. The minimum atomic E-state index is 0. The molecule has 2 aliphatic heterocycles. The fourth-order valence-electron chi connectivity index (χ4n) is 3.74. The number of halogens is 1.